The van der Waals surface area contributed by atoms with Crippen LogP contribution in [0.1, 0.15) is 32.1 Å². The number of rotatable bonds is 6. The van der Waals surface area contributed by atoms with Crippen molar-refractivity contribution in [1.82, 2.24) is 5.43 Å². The van der Waals surface area contributed by atoms with E-state index >= 15 is 0 Å². The molecule has 1 aliphatic carbocycles. The van der Waals surface area contributed by atoms with Gasteiger partial charge in [0, 0.05) is 12.5 Å². The Morgan fingerprint density at radius 3 is 2.72 bits per heavy atom. The smallest absolute Gasteiger partial charge is 0.119 e. The maximum Gasteiger partial charge on any atom is 0.119 e. The molecule has 0 saturated carbocycles. The summed E-state index contributed by atoms with van der Waals surface area (Å²) in [5, 5.41) is 0. The van der Waals surface area contributed by atoms with E-state index in [1.165, 1.54) is 31.3 Å². The van der Waals surface area contributed by atoms with Crippen molar-refractivity contribution < 1.29 is 4.74 Å². The molecule has 0 aliphatic heterocycles. The van der Waals surface area contributed by atoms with Crippen molar-refractivity contribution in [3.8, 4) is 5.75 Å². The van der Waals surface area contributed by atoms with Crippen molar-refractivity contribution in [2.45, 2.75) is 38.1 Å². The molecule has 1 aromatic rings. The lowest BCUT2D eigenvalue weighted by Gasteiger charge is -2.22. The van der Waals surface area contributed by atoms with E-state index in [1.54, 1.807) is 0 Å². The number of nitrogens with two attached hydrogens (primary N) is 1. The number of hydrogen-bond donors (Lipinski definition) is 2. The summed E-state index contributed by atoms with van der Waals surface area (Å²) in [4.78, 5) is 0. The Labute approximate surface area is 109 Å². The van der Waals surface area contributed by atoms with Gasteiger partial charge in [0.2, 0.25) is 0 Å². The molecule has 18 heavy (non-hydrogen) atoms. The van der Waals surface area contributed by atoms with Gasteiger partial charge in [0.05, 0.1) is 6.61 Å². The van der Waals surface area contributed by atoms with Gasteiger partial charge in [0.1, 0.15) is 5.75 Å². The summed E-state index contributed by atoms with van der Waals surface area (Å²) in [6.45, 7) is 0.691. The first-order chi connectivity index (χ1) is 8.90. The van der Waals surface area contributed by atoms with E-state index in [1.807, 2.05) is 30.3 Å². The standard InChI is InChI=1S/C15H22N2O/c16-17-15(13-7-3-1-4-8-13)11-12-18-14-9-5-2-6-10-14/h2,5-7,9-10,15,17H,1,3-4,8,11-12,16H2. The first kappa shape index (κ1) is 13.1. The van der Waals surface area contributed by atoms with Crippen LogP contribution in [-0.2, 0) is 0 Å². The highest BCUT2D eigenvalue weighted by molar-refractivity contribution is 5.21. The number of nitrogens with one attached hydrogen (secondary N) is 1. The third-order valence-corrected chi connectivity index (χ3v) is 3.39. The van der Waals surface area contributed by atoms with Gasteiger partial charge in [0.15, 0.2) is 0 Å². The van der Waals surface area contributed by atoms with Gasteiger partial charge in [-0.15, -0.1) is 0 Å². The maximum absolute atomic E-state index is 5.71. The third-order valence-electron chi connectivity index (χ3n) is 3.39. The van der Waals surface area contributed by atoms with Gasteiger partial charge in [-0.2, -0.15) is 0 Å². The molecule has 0 fully saturated rings. The zero-order valence-corrected chi connectivity index (χ0v) is 10.8. The van der Waals surface area contributed by atoms with Crippen molar-refractivity contribution in [2.75, 3.05) is 6.61 Å². The topological polar surface area (TPSA) is 47.3 Å². The van der Waals surface area contributed by atoms with E-state index in [9.17, 15) is 0 Å². The van der Waals surface area contributed by atoms with E-state index in [2.05, 4.69) is 11.5 Å². The van der Waals surface area contributed by atoms with Crippen LogP contribution in [0.15, 0.2) is 42.0 Å². The van der Waals surface area contributed by atoms with Gasteiger partial charge in [-0.05, 0) is 37.8 Å². The molecule has 1 aliphatic rings. The first-order valence-electron chi connectivity index (χ1n) is 6.73. The van der Waals surface area contributed by atoms with Crippen LogP contribution >= 0.6 is 0 Å². The van der Waals surface area contributed by atoms with Crippen molar-refractivity contribution in [2.24, 2.45) is 5.84 Å². The maximum atomic E-state index is 5.71. The predicted molar refractivity (Wildman–Crippen MR) is 74.2 cm³/mol. The van der Waals surface area contributed by atoms with Crippen molar-refractivity contribution in [1.29, 1.82) is 0 Å². The number of allylic oxidation sites excluding steroid dienone is 1. The molecule has 3 heteroatoms. The zero-order valence-electron chi connectivity index (χ0n) is 10.8. The molecule has 0 amide bonds. The number of benzene rings is 1. The summed E-state index contributed by atoms with van der Waals surface area (Å²) in [6.07, 6.45) is 8.19. The van der Waals surface area contributed by atoms with Crippen molar-refractivity contribution in [3.63, 3.8) is 0 Å². The molecule has 3 nitrogen and oxygen atoms in total. The van der Waals surface area contributed by atoms with Crippen LogP contribution in [0.2, 0.25) is 0 Å². The molecule has 1 aromatic carbocycles. The Bertz CT molecular complexity index is 375. The summed E-state index contributed by atoms with van der Waals surface area (Å²) in [6, 6.07) is 10.2. The van der Waals surface area contributed by atoms with Gasteiger partial charge in [-0.25, -0.2) is 0 Å². The molecule has 3 N–H and O–H groups in total. The normalized spacial score (nSPS) is 17.1. The molecule has 0 heterocycles. The quantitative estimate of drug-likeness (QED) is 0.461. The summed E-state index contributed by atoms with van der Waals surface area (Å²) < 4.78 is 5.71. The molecule has 0 saturated heterocycles. The summed E-state index contributed by atoms with van der Waals surface area (Å²) in [7, 11) is 0. The molecular formula is C15H22N2O. The van der Waals surface area contributed by atoms with Crippen LogP contribution in [0.4, 0.5) is 0 Å². The largest absolute Gasteiger partial charge is 0.494 e. The van der Waals surface area contributed by atoms with E-state index in [4.69, 9.17) is 10.6 Å². The van der Waals surface area contributed by atoms with E-state index < -0.39 is 0 Å². The highest BCUT2D eigenvalue weighted by Gasteiger charge is 2.14. The summed E-state index contributed by atoms with van der Waals surface area (Å²) in [5.41, 5.74) is 4.35. The van der Waals surface area contributed by atoms with Crippen LogP contribution < -0.4 is 16.0 Å². The number of hydrazine groups is 1. The number of hydrogen-bond acceptors (Lipinski definition) is 3. The van der Waals surface area contributed by atoms with Crippen LogP contribution in [0.5, 0.6) is 5.75 Å². The summed E-state index contributed by atoms with van der Waals surface area (Å²) >= 11 is 0. The van der Waals surface area contributed by atoms with Gasteiger partial charge in [-0.1, -0.05) is 29.8 Å². The van der Waals surface area contributed by atoms with Crippen LogP contribution in [0, 0.1) is 0 Å². The zero-order chi connectivity index (χ0) is 12.6. The molecule has 0 bridgehead atoms. The molecule has 1 unspecified atom stereocenters. The van der Waals surface area contributed by atoms with Crippen molar-refractivity contribution in [3.05, 3.63) is 42.0 Å². The lowest BCUT2D eigenvalue weighted by molar-refractivity contribution is 0.292. The minimum atomic E-state index is 0.258. The van der Waals surface area contributed by atoms with Crippen LogP contribution in [-0.4, -0.2) is 12.6 Å². The number of ether oxygens (including phenoxy) is 1. The fraction of sp³-hybridized carbons (Fsp3) is 0.467. The highest BCUT2D eigenvalue weighted by atomic mass is 16.5. The Balaban J connectivity index is 1.79. The number of para-hydroxylation sites is 1. The van der Waals surface area contributed by atoms with E-state index in [0.717, 1.165) is 12.2 Å². The van der Waals surface area contributed by atoms with Crippen molar-refractivity contribution >= 4 is 0 Å². The summed E-state index contributed by atoms with van der Waals surface area (Å²) in [5.74, 6) is 6.56. The molecule has 2 rings (SSSR count). The van der Waals surface area contributed by atoms with Gasteiger partial charge < -0.3 is 4.74 Å². The monoisotopic (exact) mass is 246 g/mol. The lowest BCUT2D eigenvalue weighted by atomic mass is 9.93. The van der Waals surface area contributed by atoms with Crippen LogP contribution in [0.3, 0.4) is 0 Å². The Morgan fingerprint density at radius 2 is 2.06 bits per heavy atom. The van der Waals surface area contributed by atoms with Gasteiger partial charge in [0.25, 0.3) is 0 Å². The lowest BCUT2D eigenvalue weighted by Crippen LogP contribution is -2.38. The molecule has 0 spiro atoms. The van der Waals surface area contributed by atoms with E-state index in [-0.39, 0.29) is 6.04 Å². The average molecular weight is 246 g/mol. The van der Waals surface area contributed by atoms with Crippen LogP contribution in [0.25, 0.3) is 0 Å². The second-order valence-corrected chi connectivity index (χ2v) is 4.69. The molecular weight excluding hydrogens is 224 g/mol. The molecule has 0 radical (unpaired) electrons. The Hall–Kier alpha value is -1.32. The van der Waals surface area contributed by atoms with Gasteiger partial charge in [-0.3, -0.25) is 11.3 Å². The minimum Gasteiger partial charge on any atom is -0.494 e. The third kappa shape index (κ3) is 3.86. The second-order valence-electron chi connectivity index (χ2n) is 4.69. The Kier molecular flexibility index (Phi) is 5.24. The fourth-order valence-electron chi connectivity index (χ4n) is 2.37. The Morgan fingerprint density at radius 1 is 1.22 bits per heavy atom. The predicted octanol–water partition coefficient (Wildman–Crippen LogP) is 2.79. The second kappa shape index (κ2) is 7.19. The first-order valence-corrected chi connectivity index (χ1v) is 6.73. The molecule has 1 atom stereocenters. The molecule has 98 valence electrons. The van der Waals surface area contributed by atoms with Gasteiger partial charge >= 0.3 is 0 Å². The average Bonchev–Trinajstić information content (AvgIpc) is 2.46. The SMILES string of the molecule is NNC(CCOc1ccccc1)C1=CCCCC1. The van der Waals surface area contributed by atoms with E-state index in [0.29, 0.717) is 6.61 Å². The fourth-order valence-corrected chi connectivity index (χ4v) is 2.37. The molecule has 0 aromatic heterocycles. The minimum absolute atomic E-state index is 0.258. The highest BCUT2D eigenvalue weighted by Crippen LogP contribution is 2.21.